The molecule has 0 bridgehead atoms. The molecule has 0 radical (unpaired) electrons. The van der Waals surface area contributed by atoms with Crippen molar-refractivity contribution >= 4 is 28.4 Å². The molecule has 3 unspecified atom stereocenters. The summed E-state index contributed by atoms with van der Waals surface area (Å²) in [4.78, 5) is 44.9. The van der Waals surface area contributed by atoms with E-state index in [9.17, 15) is 19.7 Å². The Morgan fingerprint density at radius 2 is 2.00 bits per heavy atom. The van der Waals surface area contributed by atoms with Gasteiger partial charge in [-0.05, 0) is 30.0 Å². The number of benzene rings is 2. The Kier molecular flexibility index (Phi) is 4.88. The van der Waals surface area contributed by atoms with Crippen LogP contribution < -0.4 is 0 Å². The number of fused-ring (bicyclic) bond motifs is 4. The number of non-ortho nitro benzene ring substituents is 1. The van der Waals surface area contributed by atoms with E-state index in [1.54, 1.807) is 21.9 Å². The third-order valence-corrected chi connectivity index (χ3v) is 7.19. The summed E-state index contributed by atoms with van der Waals surface area (Å²) in [5.41, 5.74) is 3.27. The van der Waals surface area contributed by atoms with Gasteiger partial charge in [-0.15, -0.1) is 0 Å². The molecule has 2 fully saturated rings. The van der Waals surface area contributed by atoms with Crippen LogP contribution >= 0.6 is 0 Å². The fourth-order valence-corrected chi connectivity index (χ4v) is 5.67. The van der Waals surface area contributed by atoms with Gasteiger partial charge < -0.3 is 19.5 Å². The molecule has 0 spiro atoms. The minimum Gasteiger partial charge on any atom is -0.376 e. The van der Waals surface area contributed by atoms with Gasteiger partial charge in [-0.3, -0.25) is 19.7 Å². The van der Waals surface area contributed by atoms with Crippen LogP contribution in [0.4, 0.5) is 5.69 Å². The molecule has 1 aromatic heterocycles. The summed E-state index contributed by atoms with van der Waals surface area (Å²) in [5, 5.41) is 12.5. The van der Waals surface area contributed by atoms with Gasteiger partial charge in [-0.2, -0.15) is 0 Å². The quantitative estimate of drug-likeness (QED) is 0.476. The molecule has 174 valence electrons. The van der Waals surface area contributed by atoms with E-state index in [0.29, 0.717) is 25.1 Å². The number of carbonyl (C=O) groups is 2. The number of carbonyl (C=O) groups excluding carboxylic acids is 2. The summed E-state index contributed by atoms with van der Waals surface area (Å²) < 4.78 is 5.72. The number of piperazine rings is 1. The van der Waals surface area contributed by atoms with Crippen molar-refractivity contribution in [3.05, 3.63) is 75.5 Å². The molecule has 3 aliphatic heterocycles. The maximum absolute atomic E-state index is 13.7. The lowest BCUT2D eigenvalue weighted by Crippen LogP contribution is -2.63. The average Bonchev–Trinajstić information content (AvgIpc) is 3.48. The fraction of sp³-hybridized carbons (Fsp3) is 0.360. The number of rotatable bonds is 4. The number of nitrogens with zero attached hydrogens (tertiary/aromatic N) is 3. The van der Waals surface area contributed by atoms with Crippen molar-refractivity contribution in [2.75, 3.05) is 19.7 Å². The number of aromatic nitrogens is 1. The van der Waals surface area contributed by atoms with Crippen LogP contribution in [0.25, 0.3) is 10.9 Å². The molecule has 9 nitrogen and oxygen atoms in total. The van der Waals surface area contributed by atoms with Gasteiger partial charge in [0, 0.05) is 48.3 Å². The van der Waals surface area contributed by atoms with E-state index >= 15 is 0 Å². The van der Waals surface area contributed by atoms with Gasteiger partial charge in [0.05, 0.1) is 23.6 Å². The van der Waals surface area contributed by atoms with E-state index in [1.807, 2.05) is 24.3 Å². The number of nitro benzene ring substituents is 1. The third-order valence-electron chi connectivity index (χ3n) is 7.19. The van der Waals surface area contributed by atoms with Crippen molar-refractivity contribution < 1.29 is 19.2 Å². The minimum absolute atomic E-state index is 0.0177. The Morgan fingerprint density at radius 1 is 1.15 bits per heavy atom. The monoisotopic (exact) mass is 460 g/mol. The molecule has 2 saturated heterocycles. The summed E-state index contributed by atoms with van der Waals surface area (Å²) in [6, 6.07) is 12.9. The molecule has 2 aromatic carbocycles. The van der Waals surface area contributed by atoms with Crippen molar-refractivity contribution in [1.82, 2.24) is 14.8 Å². The first-order valence-corrected chi connectivity index (χ1v) is 11.6. The van der Waals surface area contributed by atoms with Crippen molar-refractivity contribution in [3.63, 3.8) is 0 Å². The molecule has 3 aromatic rings. The van der Waals surface area contributed by atoms with Gasteiger partial charge in [0.15, 0.2) is 0 Å². The Labute approximate surface area is 195 Å². The molecule has 3 atom stereocenters. The maximum Gasteiger partial charge on any atom is 0.269 e. The molecular formula is C25H24N4O5. The number of amides is 2. The number of hydrogen-bond donors (Lipinski definition) is 1. The number of hydrogen-bond acceptors (Lipinski definition) is 5. The lowest BCUT2D eigenvalue weighted by atomic mass is 9.86. The number of H-pyrrole nitrogens is 1. The summed E-state index contributed by atoms with van der Waals surface area (Å²) in [6.45, 7) is 1.08. The summed E-state index contributed by atoms with van der Waals surface area (Å²) in [6.07, 6.45) is 2.21. The summed E-state index contributed by atoms with van der Waals surface area (Å²) in [7, 11) is 0. The number of ether oxygens (including phenoxy) is 1. The van der Waals surface area contributed by atoms with E-state index in [4.69, 9.17) is 4.74 Å². The van der Waals surface area contributed by atoms with Crippen LogP contribution in [0.1, 0.15) is 35.7 Å². The molecule has 6 rings (SSSR count). The molecule has 4 heterocycles. The van der Waals surface area contributed by atoms with Crippen LogP contribution in [0.2, 0.25) is 0 Å². The zero-order valence-corrected chi connectivity index (χ0v) is 18.5. The van der Waals surface area contributed by atoms with Crippen molar-refractivity contribution in [3.8, 4) is 0 Å². The smallest absolute Gasteiger partial charge is 0.269 e. The maximum atomic E-state index is 13.7. The van der Waals surface area contributed by atoms with E-state index < -0.39 is 17.0 Å². The Morgan fingerprint density at radius 3 is 2.79 bits per heavy atom. The standard InChI is InChI=1S/C25H24N4O5/c30-22-14-27(13-17-7-4-10-34-17)25(31)21-12-19-18-8-1-2-9-20(18)26-23(19)24(28(21)22)15-5-3-6-16(11-15)29(32)33/h1-3,5-6,8-9,11,17,21,24,26H,4,7,10,12-14H2. The molecular weight excluding hydrogens is 436 g/mol. The highest BCUT2D eigenvalue weighted by molar-refractivity contribution is 5.97. The topological polar surface area (TPSA) is 109 Å². The molecule has 34 heavy (non-hydrogen) atoms. The third kappa shape index (κ3) is 3.27. The summed E-state index contributed by atoms with van der Waals surface area (Å²) in [5.74, 6) is -0.259. The fourth-order valence-electron chi connectivity index (χ4n) is 5.67. The molecule has 3 aliphatic rings. The second-order valence-electron chi connectivity index (χ2n) is 9.19. The molecule has 1 N–H and O–H groups in total. The van der Waals surface area contributed by atoms with Crippen LogP contribution in [0.15, 0.2) is 48.5 Å². The highest BCUT2D eigenvalue weighted by atomic mass is 16.6. The van der Waals surface area contributed by atoms with E-state index in [0.717, 1.165) is 35.0 Å². The van der Waals surface area contributed by atoms with Gasteiger partial charge in [-0.1, -0.05) is 30.3 Å². The average molecular weight is 460 g/mol. The van der Waals surface area contributed by atoms with Crippen LogP contribution in [0.5, 0.6) is 0 Å². The molecule has 2 amide bonds. The Hall–Kier alpha value is -3.72. The first kappa shape index (κ1) is 20.9. The van der Waals surface area contributed by atoms with Crippen LogP contribution in [0.3, 0.4) is 0 Å². The van der Waals surface area contributed by atoms with Crippen molar-refractivity contribution in [1.29, 1.82) is 0 Å². The Bertz CT molecular complexity index is 1310. The highest BCUT2D eigenvalue weighted by Gasteiger charge is 2.48. The second-order valence-corrected chi connectivity index (χ2v) is 9.19. The van der Waals surface area contributed by atoms with Crippen LogP contribution in [0, 0.1) is 10.1 Å². The number of para-hydroxylation sites is 1. The van der Waals surface area contributed by atoms with Gasteiger partial charge in [-0.25, -0.2) is 0 Å². The van der Waals surface area contributed by atoms with Crippen molar-refractivity contribution in [2.24, 2.45) is 0 Å². The summed E-state index contributed by atoms with van der Waals surface area (Å²) >= 11 is 0. The highest BCUT2D eigenvalue weighted by Crippen LogP contribution is 2.43. The second kappa shape index (κ2) is 7.95. The normalized spacial score (nSPS) is 24.4. The van der Waals surface area contributed by atoms with Crippen LogP contribution in [-0.4, -0.2) is 63.4 Å². The van der Waals surface area contributed by atoms with Gasteiger partial charge in [0.1, 0.15) is 6.04 Å². The largest absolute Gasteiger partial charge is 0.376 e. The van der Waals surface area contributed by atoms with Gasteiger partial charge in [0.25, 0.3) is 5.69 Å². The minimum atomic E-state index is -0.668. The zero-order chi connectivity index (χ0) is 23.4. The van der Waals surface area contributed by atoms with Gasteiger partial charge in [0.2, 0.25) is 11.8 Å². The SMILES string of the molecule is O=C1C2Cc3c([nH]c4ccccc34)C(c3cccc([N+](=O)[O-])c3)N2C(=O)CN1CC1CCCO1. The molecule has 9 heteroatoms. The Balaban J connectivity index is 1.47. The van der Waals surface area contributed by atoms with E-state index in [1.165, 1.54) is 12.1 Å². The first-order valence-electron chi connectivity index (χ1n) is 11.6. The number of nitro groups is 1. The zero-order valence-electron chi connectivity index (χ0n) is 18.5. The predicted molar refractivity (Wildman–Crippen MR) is 123 cm³/mol. The molecule has 0 saturated carbocycles. The lowest BCUT2D eigenvalue weighted by Gasteiger charge is -2.47. The number of nitrogens with one attached hydrogen (secondary N) is 1. The molecule has 0 aliphatic carbocycles. The first-order chi connectivity index (χ1) is 16.5. The van der Waals surface area contributed by atoms with Crippen LogP contribution in [-0.2, 0) is 20.7 Å². The van der Waals surface area contributed by atoms with E-state index in [2.05, 4.69) is 4.98 Å². The predicted octanol–water partition coefficient (Wildman–Crippen LogP) is 2.94. The van der Waals surface area contributed by atoms with Gasteiger partial charge >= 0.3 is 0 Å². The lowest BCUT2D eigenvalue weighted by molar-refractivity contribution is -0.384. The number of aromatic amines is 1. The van der Waals surface area contributed by atoms with Crippen molar-refractivity contribution in [2.45, 2.75) is 37.5 Å². The van der Waals surface area contributed by atoms with E-state index in [-0.39, 0.29) is 30.2 Å².